The van der Waals surface area contributed by atoms with E-state index in [2.05, 4.69) is 12.1 Å². The first kappa shape index (κ1) is 19.2. The number of carbonyl (C=O) groups is 1. The molecule has 28 heavy (non-hydrogen) atoms. The monoisotopic (exact) mass is 380 g/mol. The first-order valence-corrected chi connectivity index (χ1v) is 9.99. The standard InChI is InChI=1S/C24H28O4/c1-23(2,3)22-27-21(25)24(28-22,18-12-8-5-9-13-18)19-14-20(15-19)26-16-17-10-6-4-7-11-17/h4-13,19-20,22H,14-16H2,1-3H3/t19?,20?,22-,24-/m0/s1. The Kier molecular flexibility index (Phi) is 5.02. The molecule has 148 valence electrons. The second kappa shape index (κ2) is 7.34. The third kappa shape index (κ3) is 3.47. The summed E-state index contributed by atoms with van der Waals surface area (Å²) in [5.41, 5.74) is 0.719. The summed E-state index contributed by atoms with van der Waals surface area (Å²) in [6.07, 6.45) is 1.15. The van der Waals surface area contributed by atoms with Gasteiger partial charge >= 0.3 is 5.97 Å². The van der Waals surface area contributed by atoms with Crippen molar-refractivity contribution in [1.82, 2.24) is 0 Å². The predicted molar refractivity (Wildman–Crippen MR) is 106 cm³/mol. The molecule has 2 aromatic rings. The average molecular weight is 380 g/mol. The van der Waals surface area contributed by atoms with Crippen molar-refractivity contribution < 1.29 is 19.0 Å². The van der Waals surface area contributed by atoms with Gasteiger partial charge in [-0.2, -0.15) is 0 Å². The van der Waals surface area contributed by atoms with Gasteiger partial charge in [0.05, 0.1) is 12.7 Å². The van der Waals surface area contributed by atoms with Gasteiger partial charge in [0.15, 0.2) is 5.60 Å². The molecule has 0 bridgehead atoms. The number of rotatable bonds is 5. The molecule has 2 atom stereocenters. The van der Waals surface area contributed by atoms with Crippen molar-refractivity contribution >= 4 is 5.97 Å². The van der Waals surface area contributed by atoms with Crippen LogP contribution in [-0.4, -0.2) is 18.4 Å². The number of cyclic esters (lactones) is 1. The van der Waals surface area contributed by atoms with Crippen LogP contribution >= 0.6 is 0 Å². The normalized spacial score (nSPS) is 30.0. The fourth-order valence-corrected chi connectivity index (χ4v) is 3.97. The second-order valence-electron chi connectivity index (χ2n) is 8.91. The smallest absolute Gasteiger partial charge is 0.345 e. The molecule has 1 aliphatic carbocycles. The summed E-state index contributed by atoms with van der Waals surface area (Å²) < 4.78 is 18.2. The van der Waals surface area contributed by atoms with E-state index in [1.54, 1.807) is 0 Å². The molecule has 0 aromatic heterocycles. The molecule has 0 spiro atoms. The zero-order valence-electron chi connectivity index (χ0n) is 16.8. The Morgan fingerprint density at radius 1 is 1.00 bits per heavy atom. The summed E-state index contributed by atoms with van der Waals surface area (Å²) in [5.74, 6) is -0.222. The summed E-state index contributed by atoms with van der Waals surface area (Å²) in [7, 11) is 0. The highest BCUT2D eigenvalue weighted by atomic mass is 16.8. The van der Waals surface area contributed by atoms with Crippen molar-refractivity contribution in [3.63, 3.8) is 0 Å². The summed E-state index contributed by atoms with van der Waals surface area (Å²) >= 11 is 0. The molecule has 2 aromatic carbocycles. The van der Waals surface area contributed by atoms with Gasteiger partial charge in [-0.1, -0.05) is 81.4 Å². The van der Waals surface area contributed by atoms with E-state index >= 15 is 0 Å². The fraction of sp³-hybridized carbons (Fsp3) is 0.458. The van der Waals surface area contributed by atoms with Crippen molar-refractivity contribution in [2.24, 2.45) is 11.3 Å². The van der Waals surface area contributed by atoms with Gasteiger partial charge in [0, 0.05) is 11.3 Å². The van der Waals surface area contributed by atoms with E-state index in [0.29, 0.717) is 6.61 Å². The zero-order valence-corrected chi connectivity index (χ0v) is 16.8. The van der Waals surface area contributed by atoms with Crippen LogP contribution in [0.25, 0.3) is 0 Å². The summed E-state index contributed by atoms with van der Waals surface area (Å²) in [4.78, 5) is 13.1. The average Bonchev–Trinajstić information content (AvgIpc) is 3.00. The van der Waals surface area contributed by atoms with Crippen molar-refractivity contribution in [2.75, 3.05) is 0 Å². The van der Waals surface area contributed by atoms with Crippen molar-refractivity contribution in [3.05, 3.63) is 71.8 Å². The Bertz CT molecular complexity index is 806. The van der Waals surface area contributed by atoms with E-state index in [1.165, 1.54) is 0 Å². The summed E-state index contributed by atoms with van der Waals surface area (Å²) in [6, 6.07) is 19.9. The van der Waals surface area contributed by atoms with Crippen LogP contribution in [-0.2, 0) is 31.2 Å². The SMILES string of the molecule is CC(C)(C)[C@H]1OC(=O)[C@](c2ccccc2)(C2CC(OCc3ccccc3)C2)O1. The van der Waals surface area contributed by atoms with E-state index in [1.807, 2.05) is 69.3 Å². The molecule has 1 saturated carbocycles. The van der Waals surface area contributed by atoms with E-state index in [0.717, 1.165) is 24.0 Å². The highest BCUT2D eigenvalue weighted by Crippen LogP contribution is 2.52. The lowest BCUT2D eigenvalue weighted by Gasteiger charge is -2.44. The molecule has 2 fully saturated rings. The molecule has 1 aliphatic heterocycles. The third-order valence-electron chi connectivity index (χ3n) is 5.72. The molecule has 1 heterocycles. The van der Waals surface area contributed by atoms with E-state index in [4.69, 9.17) is 14.2 Å². The van der Waals surface area contributed by atoms with Gasteiger partial charge < -0.3 is 14.2 Å². The Morgan fingerprint density at radius 2 is 1.61 bits per heavy atom. The number of hydrogen-bond acceptors (Lipinski definition) is 4. The Morgan fingerprint density at radius 3 is 2.18 bits per heavy atom. The molecule has 0 radical (unpaired) electrons. The maximum atomic E-state index is 13.1. The van der Waals surface area contributed by atoms with Crippen LogP contribution in [0.1, 0.15) is 44.7 Å². The van der Waals surface area contributed by atoms with Crippen molar-refractivity contribution in [1.29, 1.82) is 0 Å². The maximum absolute atomic E-state index is 13.1. The third-order valence-corrected chi connectivity index (χ3v) is 5.72. The van der Waals surface area contributed by atoms with Crippen LogP contribution in [0.5, 0.6) is 0 Å². The predicted octanol–water partition coefficient (Wildman–Crippen LogP) is 4.82. The number of hydrogen-bond donors (Lipinski definition) is 0. The Balaban J connectivity index is 1.50. The molecular weight excluding hydrogens is 352 g/mol. The lowest BCUT2D eigenvalue weighted by Crippen LogP contribution is -2.50. The lowest BCUT2D eigenvalue weighted by molar-refractivity contribution is -0.186. The van der Waals surface area contributed by atoms with E-state index < -0.39 is 11.9 Å². The molecule has 4 nitrogen and oxygen atoms in total. The number of esters is 1. The Labute approximate surface area is 166 Å². The van der Waals surface area contributed by atoms with Gasteiger partial charge in [0.1, 0.15) is 0 Å². The van der Waals surface area contributed by atoms with Crippen LogP contribution in [0.15, 0.2) is 60.7 Å². The van der Waals surface area contributed by atoms with Gasteiger partial charge in [-0.05, 0) is 24.0 Å². The molecule has 1 saturated heterocycles. The lowest BCUT2D eigenvalue weighted by atomic mass is 9.68. The van der Waals surface area contributed by atoms with Crippen LogP contribution in [0.2, 0.25) is 0 Å². The largest absolute Gasteiger partial charge is 0.433 e. The van der Waals surface area contributed by atoms with Gasteiger partial charge in [-0.15, -0.1) is 0 Å². The van der Waals surface area contributed by atoms with Crippen LogP contribution in [0, 0.1) is 11.3 Å². The van der Waals surface area contributed by atoms with Crippen molar-refractivity contribution in [3.8, 4) is 0 Å². The molecular formula is C24H28O4. The molecule has 0 unspecified atom stereocenters. The first-order valence-electron chi connectivity index (χ1n) is 9.99. The minimum absolute atomic E-state index is 0.0514. The maximum Gasteiger partial charge on any atom is 0.345 e. The van der Waals surface area contributed by atoms with Gasteiger partial charge in [0.2, 0.25) is 6.29 Å². The highest BCUT2D eigenvalue weighted by Gasteiger charge is 2.61. The van der Waals surface area contributed by atoms with Gasteiger partial charge in [0.25, 0.3) is 0 Å². The zero-order chi connectivity index (χ0) is 19.8. The van der Waals surface area contributed by atoms with Gasteiger partial charge in [-0.25, -0.2) is 4.79 Å². The molecule has 4 heteroatoms. The van der Waals surface area contributed by atoms with Crippen molar-refractivity contribution in [2.45, 2.75) is 58.2 Å². The molecule has 4 rings (SSSR count). The highest BCUT2D eigenvalue weighted by molar-refractivity contribution is 5.83. The first-order chi connectivity index (χ1) is 13.4. The molecule has 2 aliphatic rings. The van der Waals surface area contributed by atoms with E-state index in [9.17, 15) is 4.79 Å². The summed E-state index contributed by atoms with van der Waals surface area (Å²) in [6.45, 7) is 6.67. The fourth-order valence-electron chi connectivity index (χ4n) is 3.97. The van der Waals surface area contributed by atoms with Crippen LogP contribution in [0.4, 0.5) is 0 Å². The number of benzene rings is 2. The quantitative estimate of drug-likeness (QED) is 0.698. The second-order valence-corrected chi connectivity index (χ2v) is 8.91. The topological polar surface area (TPSA) is 44.8 Å². The van der Waals surface area contributed by atoms with Crippen LogP contribution < -0.4 is 0 Å². The van der Waals surface area contributed by atoms with Crippen LogP contribution in [0.3, 0.4) is 0 Å². The Hall–Kier alpha value is -2.17. The van der Waals surface area contributed by atoms with E-state index in [-0.39, 0.29) is 23.4 Å². The number of carbonyl (C=O) groups excluding carboxylic acids is 1. The minimum Gasteiger partial charge on any atom is -0.433 e. The summed E-state index contributed by atoms with van der Waals surface area (Å²) in [5, 5.41) is 0. The van der Waals surface area contributed by atoms with Gasteiger partial charge in [-0.3, -0.25) is 0 Å². The molecule has 0 amide bonds. The number of ether oxygens (including phenoxy) is 3. The minimum atomic E-state index is -1.04. The molecule has 0 N–H and O–H groups in total.